The molecule has 0 aliphatic heterocycles. The number of aliphatic hydroxyl groups is 2. The second-order valence-corrected chi connectivity index (χ2v) is 4.42. The molecule has 2 nitrogen and oxygen atoms in total. The van der Waals surface area contributed by atoms with Gasteiger partial charge in [-0.1, -0.05) is 65.7 Å². The molecular formula is C13H10Cl2O2. The molecular weight excluding hydrogens is 259 g/mol. The Morgan fingerprint density at radius 1 is 0.824 bits per heavy atom. The van der Waals surface area contributed by atoms with E-state index in [4.69, 9.17) is 23.2 Å². The third kappa shape index (κ3) is 2.31. The molecule has 0 atom stereocenters. The number of halogens is 2. The van der Waals surface area contributed by atoms with Gasteiger partial charge in [-0.15, -0.1) is 0 Å². The van der Waals surface area contributed by atoms with Crippen LogP contribution >= 0.6 is 23.2 Å². The van der Waals surface area contributed by atoms with E-state index in [0.717, 1.165) is 0 Å². The molecule has 0 aromatic heterocycles. The number of rotatable bonds is 2. The fraction of sp³-hybridized carbons (Fsp3) is 0.0769. The molecule has 17 heavy (non-hydrogen) atoms. The maximum Gasteiger partial charge on any atom is 0.218 e. The Balaban J connectivity index is 2.56. The van der Waals surface area contributed by atoms with E-state index in [1.807, 2.05) is 0 Å². The van der Waals surface area contributed by atoms with E-state index in [9.17, 15) is 10.2 Å². The standard InChI is InChI=1S/C13H10Cl2O2/c14-11-8-4-7-10(12(11)15)13(16,17)9-5-2-1-3-6-9/h1-8,16-17H. The Labute approximate surface area is 109 Å². The van der Waals surface area contributed by atoms with E-state index in [2.05, 4.69) is 0 Å². The Morgan fingerprint density at radius 3 is 2.12 bits per heavy atom. The fourth-order valence-electron chi connectivity index (χ4n) is 1.60. The zero-order valence-corrected chi connectivity index (χ0v) is 10.3. The third-order valence-electron chi connectivity index (χ3n) is 2.50. The minimum atomic E-state index is -2.15. The van der Waals surface area contributed by atoms with Crippen LogP contribution in [-0.4, -0.2) is 10.2 Å². The third-order valence-corrected chi connectivity index (χ3v) is 3.32. The summed E-state index contributed by atoms with van der Waals surface area (Å²) >= 11 is 11.8. The van der Waals surface area contributed by atoms with Gasteiger partial charge in [-0.05, 0) is 6.07 Å². The molecule has 0 bridgehead atoms. The molecule has 0 fully saturated rings. The highest BCUT2D eigenvalue weighted by atomic mass is 35.5. The molecule has 0 aliphatic carbocycles. The quantitative estimate of drug-likeness (QED) is 0.822. The van der Waals surface area contributed by atoms with E-state index in [1.165, 1.54) is 6.07 Å². The van der Waals surface area contributed by atoms with Crippen LogP contribution in [0.3, 0.4) is 0 Å². The fourth-order valence-corrected chi connectivity index (χ4v) is 2.03. The lowest BCUT2D eigenvalue weighted by Gasteiger charge is -2.24. The maximum absolute atomic E-state index is 10.2. The minimum Gasteiger partial charge on any atom is -0.358 e. The van der Waals surface area contributed by atoms with Gasteiger partial charge in [-0.25, -0.2) is 0 Å². The second kappa shape index (κ2) is 4.67. The lowest BCUT2D eigenvalue weighted by molar-refractivity contribution is -0.132. The van der Waals surface area contributed by atoms with E-state index in [0.29, 0.717) is 5.56 Å². The van der Waals surface area contributed by atoms with Gasteiger partial charge in [0.1, 0.15) is 0 Å². The highest BCUT2D eigenvalue weighted by Gasteiger charge is 2.31. The van der Waals surface area contributed by atoms with Gasteiger partial charge in [0.2, 0.25) is 5.79 Å². The zero-order valence-electron chi connectivity index (χ0n) is 8.77. The monoisotopic (exact) mass is 268 g/mol. The van der Waals surface area contributed by atoms with Crippen LogP contribution in [0.5, 0.6) is 0 Å². The van der Waals surface area contributed by atoms with Crippen molar-refractivity contribution < 1.29 is 10.2 Å². The van der Waals surface area contributed by atoms with Gasteiger partial charge in [0.25, 0.3) is 0 Å². The first-order valence-electron chi connectivity index (χ1n) is 4.98. The number of hydrogen-bond acceptors (Lipinski definition) is 2. The molecule has 0 radical (unpaired) electrons. The summed E-state index contributed by atoms with van der Waals surface area (Å²) in [6, 6.07) is 13.2. The number of benzene rings is 2. The highest BCUT2D eigenvalue weighted by Crippen LogP contribution is 2.35. The smallest absolute Gasteiger partial charge is 0.218 e. The Bertz CT molecular complexity index is 524. The van der Waals surface area contributed by atoms with Gasteiger partial charge in [-0.3, -0.25) is 0 Å². The molecule has 0 aliphatic rings. The minimum absolute atomic E-state index is 0.142. The van der Waals surface area contributed by atoms with Gasteiger partial charge >= 0.3 is 0 Å². The largest absolute Gasteiger partial charge is 0.358 e. The van der Waals surface area contributed by atoms with Crippen molar-refractivity contribution in [1.29, 1.82) is 0 Å². The van der Waals surface area contributed by atoms with Crippen LogP contribution in [0.1, 0.15) is 11.1 Å². The predicted molar refractivity (Wildman–Crippen MR) is 68.1 cm³/mol. The second-order valence-electron chi connectivity index (χ2n) is 3.64. The summed E-state index contributed by atoms with van der Waals surface area (Å²) in [7, 11) is 0. The first kappa shape index (κ1) is 12.4. The Kier molecular flexibility index (Phi) is 3.40. The molecule has 2 N–H and O–H groups in total. The summed E-state index contributed by atoms with van der Waals surface area (Å²) in [5, 5.41) is 20.8. The van der Waals surface area contributed by atoms with E-state index in [1.54, 1.807) is 42.5 Å². The summed E-state index contributed by atoms with van der Waals surface area (Å²) in [5.74, 6) is -2.15. The molecule has 2 aromatic carbocycles. The molecule has 0 unspecified atom stereocenters. The van der Waals surface area contributed by atoms with Crippen LogP contribution in [0, 0.1) is 0 Å². The van der Waals surface area contributed by atoms with Crippen LogP contribution in [0.4, 0.5) is 0 Å². The van der Waals surface area contributed by atoms with Crippen molar-refractivity contribution in [3.05, 3.63) is 69.7 Å². The summed E-state index contributed by atoms with van der Waals surface area (Å²) in [6.45, 7) is 0. The normalized spacial score (nSPS) is 11.5. The summed E-state index contributed by atoms with van der Waals surface area (Å²) in [6.07, 6.45) is 0. The van der Waals surface area contributed by atoms with Gasteiger partial charge in [0, 0.05) is 11.1 Å². The molecule has 0 saturated carbocycles. The first-order chi connectivity index (χ1) is 8.03. The van der Waals surface area contributed by atoms with Crippen molar-refractivity contribution in [2.45, 2.75) is 5.79 Å². The van der Waals surface area contributed by atoms with Gasteiger partial charge in [0.15, 0.2) is 0 Å². The lowest BCUT2D eigenvalue weighted by atomic mass is 9.97. The number of hydrogen-bond donors (Lipinski definition) is 2. The molecule has 0 saturated heterocycles. The van der Waals surface area contributed by atoms with Crippen LogP contribution in [0.2, 0.25) is 10.0 Å². The Morgan fingerprint density at radius 2 is 1.47 bits per heavy atom. The molecule has 4 heteroatoms. The van der Waals surface area contributed by atoms with E-state index < -0.39 is 5.79 Å². The molecule has 0 heterocycles. The van der Waals surface area contributed by atoms with Crippen LogP contribution in [0.25, 0.3) is 0 Å². The first-order valence-corrected chi connectivity index (χ1v) is 5.74. The lowest BCUT2D eigenvalue weighted by Crippen LogP contribution is -2.26. The molecule has 0 amide bonds. The predicted octanol–water partition coefficient (Wildman–Crippen LogP) is 3.18. The average Bonchev–Trinajstić information content (AvgIpc) is 2.33. The van der Waals surface area contributed by atoms with Gasteiger partial charge < -0.3 is 10.2 Å². The van der Waals surface area contributed by atoms with Gasteiger partial charge in [-0.2, -0.15) is 0 Å². The molecule has 0 spiro atoms. The average molecular weight is 269 g/mol. The summed E-state index contributed by atoms with van der Waals surface area (Å²) in [5.41, 5.74) is 0.502. The zero-order chi connectivity index (χ0) is 12.5. The molecule has 2 rings (SSSR count). The summed E-state index contributed by atoms with van der Waals surface area (Å²) in [4.78, 5) is 0. The van der Waals surface area contributed by atoms with Crippen molar-refractivity contribution in [3.63, 3.8) is 0 Å². The molecule has 88 valence electrons. The van der Waals surface area contributed by atoms with Crippen molar-refractivity contribution in [2.24, 2.45) is 0 Å². The summed E-state index contributed by atoms with van der Waals surface area (Å²) < 4.78 is 0. The van der Waals surface area contributed by atoms with Crippen molar-refractivity contribution in [2.75, 3.05) is 0 Å². The van der Waals surface area contributed by atoms with Crippen molar-refractivity contribution in [1.82, 2.24) is 0 Å². The van der Waals surface area contributed by atoms with E-state index in [-0.39, 0.29) is 15.6 Å². The van der Waals surface area contributed by atoms with Crippen molar-refractivity contribution >= 4 is 23.2 Å². The maximum atomic E-state index is 10.2. The SMILES string of the molecule is OC(O)(c1ccccc1)c1cccc(Cl)c1Cl. The van der Waals surface area contributed by atoms with E-state index >= 15 is 0 Å². The van der Waals surface area contributed by atoms with Crippen LogP contribution in [-0.2, 0) is 5.79 Å². The Hall–Kier alpha value is -1.06. The van der Waals surface area contributed by atoms with Crippen molar-refractivity contribution in [3.8, 4) is 0 Å². The highest BCUT2D eigenvalue weighted by molar-refractivity contribution is 6.42. The van der Waals surface area contributed by atoms with Crippen LogP contribution in [0.15, 0.2) is 48.5 Å². The molecule has 2 aromatic rings. The van der Waals surface area contributed by atoms with Crippen LogP contribution < -0.4 is 0 Å². The van der Waals surface area contributed by atoms with Gasteiger partial charge in [0.05, 0.1) is 10.0 Å². The topological polar surface area (TPSA) is 40.5 Å².